The lowest BCUT2D eigenvalue weighted by atomic mass is 10.2. The Hall–Kier alpha value is -2.28. The Morgan fingerprint density at radius 2 is 1.93 bits per heavy atom. The zero-order valence-electron chi connectivity index (χ0n) is 17.0. The molecule has 0 bridgehead atoms. The van der Waals surface area contributed by atoms with Gasteiger partial charge in [0.05, 0.1) is 17.3 Å². The van der Waals surface area contributed by atoms with E-state index in [0.717, 1.165) is 22.0 Å². The molecule has 0 atom stereocenters. The van der Waals surface area contributed by atoms with E-state index in [9.17, 15) is 4.79 Å². The molecule has 158 valence electrons. The van der Waals surface area contributed by atoms with E-state index < -0.39 is 0 Å². The predicted molar refractivity (Wildman–Crippen MR) is 124 cm³/mol. The highest BCUT2D eigenvalue weighted by Gasteiger charge is 2.19. The van der Waals surface area contributed by atoms with Crippen molar-refractivity contribution in [2.24, 2.45) is 0 Å². The molecule has 0 aliphatic carbocycles. The number of rotatable bonds is 7. The monoisotopic (exact) mass is 463 g/mol. The molecule has 3 aromatic rings. The highest BCUT2D eigenvalue weighted by molar-refractivity contribution is 7.09. The number of hydrogen-bond acceptors (Lipinski definition) is 4. The second-order valence-electron chi connectivity index (χ2n) is 7.11. The maximum atomic E-state index is 12.8. The molecule has 0 unspecified atom stereocenters. The topological polar surface area (TPSA) is 54.5 Å². The Labute approximate surface area is 190 Å². The summed E-state index contributed by atoms with van der Waals surface area (Å²) in [7, 11) is 0. The lowest BCUT2D eigenvalue weighted by Gasteiger charge is -2.26. The first-order valence-electron chi connectivity index (χ1n) is 9.47. The lowest BCUT2D eigenvalue weighted by Crippen LogP contribution is -2.39. The molecule has 0 saturated heterocycles. The molecule has 1 heterocycles. The molecule has 0 saturated carbocycles. The van der Waals surface area contributed by atoms with Crippen LogP contribution in [-0.4, -0.2) is 22.0 Å². The van der Waals surface area contributed by atoms with Gasteiger partial charge in [0.25, 0.3) is 0 Å². The highest BCUT2D eigenvalue weighted by atomic mass is 35.5. The van der Waals surface area contributed by atoms with Crippen LogP contribution < -0.4 is 10.1 Å². The molecule has 2 amide bonds. The maximum Gasteiger partial charge on any atom is 0.322 e. The number of carbonyl (C=O) groups excluding carboxylic acids is 1. The molecular formula is C22H23Cl2N3O2S. The molecule has 0 fully saturated rings. The van der Waals surface area contributed by atoms with E-state index in [1.807, 2.05) is 50.4 Å². The van der Waals surface area contributed by atoms with E-state index in [2.05, 4.69) is 10.3 Å². The van der Waals surface area contributed by atoms with Gasteiger partial charge in [-0.05, 0) is 45.0 Å². The van der Waals surface area contributed by atoms with Gasteiger partial charge in [0.2, 0.25) is 0 Å². The molecule has 0 radical (unpaired) electrons. The average molecular weight is 464 g/mol. The van der Waals surface area contributed by atoms with Crippen molar-refractivity contribution >= 4 is 46.3 Å². The fourth-order valence-electron chi connectivity index (χ4n) is 2.71. The Kier molecular flexibility index (Phi) is 7.58. The molecule has 3 rings (SSSR count). The largest absolute Gasteiger partial charge is 0.485 e. The lowest BCUT2D eigenvalue weighted by molar-refractivity contribution is 0.193. The Morgan fingerprint density at radius 1 is 1.20 bits per heavy atom. The number of nitrogens with zero attached hydrogens (tertiary/aromatic N) is 2. The van der Waals surface area contributed by atoms with Crippen LogP contribution >= 0.6 is 34.5 Å². The third kappa shape index (κ3) is 6.11. The van der Waals surface area contributed by atoms with Crippen molar-refractivity contribution in [2.45, 2.75) is 40.0 Å². The summed E-state index contributed by atoms with van der Waals surface area (Å²) in [6.45, 7) is 6.65. The molecule has 5 nitrogen and oxygen atoms in total. The summed E-state index contributed by atoms with van der Waals surface area (Å²) in [5, 5.41) is 6.73. The number of hydrogen-bond donors (Lipinski definition) is 1. The van der Waals surface area contributed by atoms with E-state index in [0.29, 0.717) is 22.3 Å². The first-order valence-corrected chi connectivity index (χ1v) is 11.1. The van der Waals surface area contributed by atoms with Gasteiger partial charge in [-0.25, -0.2) is 9.78 Å². The van der Waals surface area contributed by atoms with Crippen molar-refractivity contribution in [1.82, 2.24) is 9.88 Å². The molecule has 0 aliphatic heterocycles. The molecular weight excluding hydrogens is 441 g/mol. The molecule has 0 spiro atoms. The van der Waals surface area contributed by atoms with Crippen molar-refractivity contribution in [1.29, 1.82) is 0 Å². The summed E-state index contributed by atoms with van der Waals surface area (Å²) < 4.78 is 5.74. The third-order valence-corrected chi connectivity index (χ3v) is 5.78. The fourth-order valence-corrected chi connectivity index (χ4v) is 3.74. The van der Waals surface area contributed by atoms with Crippen molar-refractivity contribution in [2.75, 3.05) is 5.32 Å². The number of benzene rings is 2. The standard InChI is InChI=1S/C22H23Cl2N3O2S/c1-14(2)27(22(28)26-17-7-4-15(3)5-8-17)11-18-13-30-21(25-18)12-29-20-10-16(23)6-9-19(20)24/h4-10,13-14H,11-12H2,1-3H3,(H,26,28). The molecule has 0 aliphatic rings. The molecule has 8 heteroatoms. The van der Waals surface area contributed by atoms with Gasteiger partial charge >= 0.3 is 6.03 Å². The van der Waals surface area contributed by atoms with Crippen LogP contribution in [0.2, 0.25) is 10.0 Å². The summed E-state index contributed by atoms with van der Waals surface area (Å²) >= 11 is 13.6. The number of aryl methyl sites for hydroxylation is 1. The smallest absolute Gasteiger partial charge is 0.322 e. The van der Waals surface area contributed by atoms with Crippen molar-refractivity contribution in [3.8, 4) is 5.75 Å². The van der Waals surface area contributed by atoms with Gasteiger partial charge in [0.15, 0.2) is 0 Å². The van der Waals surface area contributed by atoms with Crippen LogP contribution in [0.3, 0.4) is 0 Å². The molecule has 30 heavy (non-hydrogen) atoms. The summed E-state index contributed by atoms with van der Waals surface area (Å²) in [5.74, 6) is 0.516. The van der Waals surface area contributed by atoms with E-state index in [1.165, 1.54) is 11.3 Å². The number of thiazole rings is 1. The average Bonchev–Trinajstić information content (AvgIpc) is 3.16. The second-order valence-corrected chi connectivity index (χ2v) is 8.90. The fraction of sp³-hybridized carbons (Fsp3) is 0.273. The summed E-state index contributed by atoms with van der Waals surface area (Å²) in [6.07, 6.45) is 0. The van der Waals surface area contributed by atoms with E-state index in [1.54, 1.807) is 23.1 Å². The Morgan fingerprint density at radius 3 is 2.63 bits per heavy atom. The number of urea groups is 1. The maximum absolute atomic E-state index is 12.8. The number of nitrogens with one attached hydrogen (secondary N) is 1. The van der Waals surface area contributed by atoms with Crippen LogP contribution in [0.4, 0.5) is 10.5 Å². The normalized spacial score (nSPS) is 10.9. The van der Waals surface area contributed by atoms with Crippen LogP contribution in [0.15, 0.2) is 47.8 Å². The minimum atomic E-state index is -0.162. The second kappa shape index (κ2) is 10.2. The first-order chi connectivity index (χ1) is 14.3. The molecule has 1 aromatic heterocycles. The number of halogens is 2. The van der Waals surface area contributed by atoms with Gasteiger partial charge < -0.3 is 15.0 Å². The zero-order valence-corrected chi connectivity index (χ0v) is 19.3. The van der Waals surface area contributed by atoms with Gasteiger partial charge in [-0.15, -0.1) is 11.3 Å². The van der Waals surface area contributed by atoms with Crippen molar-refractivity contribution < 1.29 is 9.53 Å². The Balaban J connectivity index is 1.62. The van der Waals surface area contributed by atoms with E-state index in [4.69, 9.17) is 27.9 Å². The van der Waals surface area contributed by atoms with E-state index >= 15 is 0 Å². The van der Waals surface area contributed by atoms with E-state index in [-0.39, 0.29) is 18.7 Å². The number of ether oxygens (including phenoxy) is 1. The predicted octanol–water partition coefficient (Wildman–Crippen LogP) is 6.78. The summed E-state index contributed by atoms with van der Waals surface area (Å²) in [6, 6.07) is 12.7. The minimum absolute atomic E-state index is 0.0158. The van der Waals surface area contributed by atoms with Crippen LogP contribution in [0.25, 0.3) is 0 Å². The van der Waals surface area contributed by atoms with Gasteiger partial charge in [-0.1, -0.05) is 40.9 Å². The third-order valence-electron chi connectivity index (χ3n) is 4.36. The molecule has 1 N–H and O–H groups in total. The minimum Gasteiger partial charge on any atom is -0.485 e. The summed E-state index contributed by atoms with van der Waals surface area (Å²) in [5.41, 5.74) is 2.72. The van der Waals surface area contributed by atoms with Gasteiger partial charge in [0, 0.05) is 28.2 Å². The number of anilines is 1. The van der Waals surface area contributed by atoms with Crippen LogP contribution in [0.5, 0.6) is 5.75 Å². The molecule has 2 aromatic carbocycles. The number of carbonyl (C=O) groups is 1. The van der Waals surface area contributed by atoms with Gasteiger partial charge in [-0.3, -0.25) is 0 Å². The number of amides is 2. The van der Waals surface area contributed by atoms with Crippen molar-refractivity contribution in [3.05, 3.63) is 74.2 Å². The van der Waals surface area contributed by atoms with Crippen molar-refractivity contribution in [3.63, 3.8) is 0 Å². The van der Waals surface area contributed by atoms with Crippen LogP contribution in [0, 0.1) is 6.92 Å². The van der Waals surface area contributed by atoms with Gasteiger partial charge in [-0.2, -0.15) is 0 Å². The Bertz CT molecular complexity index is 1010. The van der Waals surface area contributed by atoms with Gasteiger partial charge in [0.1, 0.15) is 17.4 Å². The number of aromatic nitrogens is 1. The zero-order chi connectivity index (χ0) is 21.7. The first kappa shape index (κ1) is 22.4. The quantitative estimate of drug-likeness (QED) is 0.419. The highest BCUT2D eigenvalue weighted by Crippen LogP contribution is 2.28. The SMILES string of the molecule is Cc1ccc(NC(=O)N(Cc2csc(COc3cc(Cl)ccc3Cl)n2)C(C)C)cc1. The summed E-state index contributed by atoms with van der Waals surface area (Å²) in [4.78, 5) is 19.1. The van der Waals surface area contributed by atoms with Crippen LogP contribution in [0.1, 0.15) is 30.1 Å². The van der Waals surface area contributed by atoms with Crippen LogP contribution in [-0.2, 0) is 13.2 Å².